The van der Waals surface area contributed by atoms with Gasteiger partial charge < -0.3 is 14.2 Å². The normalized spacial score (nSPS) is 10.3. The number of hydrogen-bond donors (Lipinski definition) is 0. The predicted octanol–water partition coefficient (Wildman–Crippen LogP) is 1.46. The SMILES string of the molecule is C=CCOC(=O)CC(=O)CCCC(OC)OC. The van der Waals surface area contributed by atoms with Crippen LogP contribution < -0.4 is 0 Å². The van der Waals surface area contributed by atoms with E-state index in [1.807, 2.05) is 0 Å². The van der Waals surface area contributed by atoms with Crippen LogP contribution >= 0.6 is 0 Å². The van der Waals surface area contributed by atoms with Gasteiger partial charge in [-0.05, 0) is 12.8 Å². The maximum Gasteiger partial charge on any atom is 0.313 e. The van der Waals surface area contributed by atoms with E-state index in [2.05, 4.69) is 6.58 Å². The molecule has 0 aliphatic heterocycles. The quantitative estimate of drug-likeness (QED) is 0.252. The van der Waals surface area contributed by atoms with E-state index < -0.39 is 5.97 Å². The molecule has 0 aliphatic carbocycles. The molecule has 0 aromatic heterocycles. The van der Waals surface area contributed by atoms with Gasteiger partial charge >= 0.3 is 5.97 Å². The molecule has 0 saturated heterocycles. The monoisotopic (exact) mass is 244 g/mol. The Morgan fingerprint density at radius 1 is 1.29 bits per heavy atom. The van der Waals surface area contributed by atoms with Crippen molar-refractivity contribution >= 4 is 11.8 Å². The summed E-state index contributed by atoms with van der Waals surface area (Å²) in [5, 5.41) is 0. The van der Waals surface area contributed by atoms with E-state index in [0.717, 1.165) is 0 Å². The lowest BCUT2D eigenvalue weighted by Crippen LogP contribution is -2.15. The Balaban J connectivity index is 3.65. The second kappa shape index (κ2) is 9.99. The zero-order valence-electron chi connectivity index (χ0n) is 10.4. The maximum absolute atomic E-state index is 11.4. The molecule has 0 aromatic rings. The summed E-state index contributed by atoms with van der Waals surface area (Å²) in [6.45, 7) is 3.55. The molecule has 0 radical (unpaired) electrons. The largest absolute Gasteiger partial charge is 0.461 e. The average Bonchev–Trinajstić information content (AvgIpc) is 2.32. The Kier molecular flexibility index (Phi) is 9.28. The van der Waals surface area contributed by atoms with Crippen LogP contribution in [-0.2, 0) is 23.8 Å². The lowest BCUT2D eigenvalue weighted by atomic mass is 10.1. The summed E-state index contributed by atoms with van der Waals surface area (Å²) in [5.41, 5.74) is 0. The molecular formula is C12H20O5. The average molecular weight is 244 g/mol. The number of esters is 1. The third-order valence-corrected chi connectivity index (χ3v) is 2.12. The highest BCUT2D eigenvalue weighted by Gasteiger charge is 2.11. The number of Topliss-reactive ketones (excluding diaryl/α,β-unsaturated/α-hetero) is 1. The summed E-state index contributed by atoms with van der Waals surface area (Å²) in [6.07, 6.45) is 2.56. The Morgan fingerprint density at radius 2 is 1.94 bits per heavy atom. The van der Waals surface area contributed by atoms with Crippen LogP contribution in [0.3, 0.4) is 0 Å². The van der Waals surface area contributed by atoms with Crippen LogP contribution in [-0.4, -0.2) is 38.9 Å². The van der Waals surface area contributed by atoms with Crippen molar-refractivity contribution in [3.05, 3.63) is 12.7 Å². The van der Waals surface area contributed by atoms with E-state index in [0.29, 0.717) is 19.3 Å². The molecule has 0 amide bonds. The van der Waals surface area contributed by atoms with E-state index in [1.165, 1.54) is 6.08 Å². The fourth-order valence-corrected chi connectivity index (χ4v) is 1.25. The van der Waals surface area contributed by atoms with Crippen molar-refractivity contribution in [3.8, 4) is 0 Å². The predicted molar refractivity (Wildman–Crippen MR) is 62.4 cm³/mol. The number of rotatable bonds is 10. The van der Waals surface area contributed by atoms with Crippen molar-refractivity contribution in [2.75, 3.05) is 20.8 Å². The molecule has 17 heavy (non-hydrogen) atoms. The summed E-state index contributed by atoms with van der Waals surface area (Å²) < 4.78 is 14.7. The van der Waals surface area contributed by atoms with E-state index in [4.69, 9.17) is 14.2 Å². The molecule has 0 heterocycles. The van der Waals surface area contributed by atoms with Gasteiger partial charge in [-0.15, -0.1) is 0 Å². The number of carbonyl (C=O) groups is 2. The first-order chi connectivity index (χ1) is 8.13. The Bertz CT molecular complexity index is 245. The fourth-order valence-electron chi connectivity index (χ4n) is 1.25. The fraction of sp³-hybridized carbons (Fsp3) is 0.667. The molecular weight excluding hydrogens is 224 g/mol. The summed E-state index contributed by atoms with van der Waals surface area (Å²) >= 11 is 0. The highest BCUT2D eigenvalue weighted by Crippen LogP contribution is 2.06. The molecule has 0 aliphatic rings. The van der Waals surface area contributed by atoms with Crippen LogP contribution in [0, 0.1) is 0 Å². The van der Waals surface area contributed by atoms with Crippen LogP contribution in [0.5, 0.6) is 0 Å². The second-order valence-corrected chi connectivity index (χ2v) is 3.48. The topological polar surface area (TPSA) is 61.8 Å². The van der Waals surface area contributed by atoms with Gasteiger partial charge in [-0.1, -0.05) is 12.7 Å². The van der Waals surface area contributed by atoms with Gasteiger partial charge in [0.05, 0.1) is 0 Å². The van der Waals surface area contributed by atoms with Crippen molar-refractivity contribution in [2.24, 2.45) is 0 Å². The van der Waals surface area contributed by atoms with E-state index in [-0.39, 0.29) is 25.1 Å². The number of ketones is 1. The van der Waals surface area contributed by atoms with Gasteiger partial charge in [0.2, 0.25) is 0 Å². The minimum Gasteiger partial charge on any atom is -0.461 e. The summed E-state index contributed by atoms with van der Waals surface area (Å²) in [4.78, 5) is 22.4. The standard InChI is InChI=1S/C12H20O5/c1-4-8-17-11(14)9-10(13)6-5-7-12(15-2)16-3/h4,12H,1,5-9H2,2-3H3. The van der Waals surface area contributed by atoms with Crippen LogP contribution in [0.25, 0.3) is 0 Å². The third-order valence-electron chi connectivity index (χ3n) is 2.12. The van der Waals surface area contributed by atoms with Gasteiger partial charge in [0.25, 0.3) is 0 Å². The minimum absolute atomic E-state index is 0.134. The maximum atomic E-state index is 11.4. The summed E-state index contributed by atoms with van der Waals surface area (Å²) in [7, 11) is 3.09. The van der Waals surface area contributed by atoms with Gasteiger partial charge in [0.1, 0.15) is 18.8 Å². The second-order valence-electron chi connectivity index (χ2n) is 3.48. The molecule has 0 fully saturated rings. The van der Waals surface area contributed by atoms with Crippen molar-refractivity contribution in [1.29, 1.82) is 0 Å². The molecule has 5 heteroatoms. The first kappa shape index (κ1) is 15.8. The third kappa shape index (κ3) is 8.59. The van der Waals surface area contributed by atoms with E-state index in [1.54, 1.807) is 14.2 Å². The minimum atomic E-state index is -0.509. The van der Waals surface area contributed by atoms with Gasteiger partial charge in [-0.3, -0.25) is 9.59 Å². The molecule has 0 atom stereocenters. The van der Waals surface area contributed by atoms with Gasteiger partial charge in [-0.2, -0.15) is 0 Å². The van der Waals surface area contributed by atoms with Crippen molar-refractivity contribution in [1.82, 2.24) is 0 Å². The number of methoxy groups -OCH3 is 2. The highest BCUT2D eigenvalue weighted by atomic mass is 16.7. The zero-order valence-corrected chi connectivity index (χ0v) is 10.4. The van der Waals surface area contributed by atoms with E-state index in [9.17, 15) is 9.59 Å². The van der Waals surface area contributed by atoms with Crippen molar-refractivity contribution in [2.45, 2.75) is 32.0 Å². The lowest BCUT2D eigenvalue weighted by molar-refractivity contribution is -0.145. The molecule has 0 bridgehead atoms. The number of hydrogen-bond acceptors (Lipinski definition) is 5. The van der Waals surface area contributed by atoms with Crippen LogP contribution in [0.1, 0.15) is 25.7 Å². The molecule has 98 valence electrons. The first-order valence-electron chi connectivity index (χ1n) is 5.47. The number of carbonyl (C=O) groups excluding carboxylic acids is 2. The van der Waals surface area contributed by atoms with Gasteiger partial charge in [-0.25, -0.2) is 0 Å². The first-order valence-corrected chi connectivity index (χ1v) is 5.47. The number of ether oxygens (including phenoxy) is 3. The zero-order chi connectivity index (χ0) is 13.1. The Morgan fingerprint density at radius 3 is 2.47 bits per heavy atom. The van der Waals surface area contributed by atoms with E-state index >= 15 is 0 Å². The molecule has 0 aromatic carbocycles. The Labute approximate surface area is 102 Å². The van der Waals surface area contributed by atoms with Crippen LogP contribution in [0.4, 0.5) is 0 Å². The van der Waals surface area contributed by atoms with Crippen molar-refractivity contribution < 1.29 is 23.8 Å². The summed E-state index contributed by atoms with van der Waals surface area (Å²) in [6, 6.07) is 0. The molecule has 0 saturated carbocycles. The van der Waals surface area contributed by atoms with Gasteiger partial charge in [0.15, 0.2) is 6.29 Å². The van der Waals surface area contributed by atoms with Crippen LogP contribution in [0.15, 0.2) is 12.7 Å². The lowest BCUT2D eigenvalue weighted by Gasteiger charge is -2.12. The molecule has 5 nitrogen and oxygen atoms in total. The molecule has 0 unspecified atom stereocenters. The van der Waals surface area contributed by atoms with Gasteiger partial charge in [0, 0.05) is 20.6 Å². The van der Waals surface area contributed by atoms with Crippen LogP contribution in [0.2, 0.25) is 0 Å². The van der Waals surface area contributed by atoms with Crippen molar-refractivity contribution in [3.63, 3.8) is 0 Å². The summed E-state index contributed by atoms with van der Waals surface area (Å²) in [5.74, 6) is -0.644. The molecule has 0 N–H and O–H groups in total. The molecule has 0 spiro atoms. The molecule has 0 rings (SSSR count). The Hall–Kier alpha value is -1.20. The smallest absolute Gasteiger partial charge is 0.313 e. The highest BCUT2D eigenvalue weighted by molar-refractivity contribution is 5.95.